The molecule has 1 aromatic carbocycles. The molecule has 1 aliphatic rings. The fraction of sp³-hybridized carbons (Fsp3) is 0.625. The van der Waals surface area contributed by atoms with E-state index in [0.29, 0.717) is 10.5 Å². The van der Waals surface area contributed by atoms with Gasteiger partial charge in [-0.1, -0.05) is 26.7 Å². The molecule has 1 saturated carbocycles. The molecule has 2 atom stereocenters. The molecule has 1 aromatic rings. The van der Waals surface area contributed by atoms with Crippen molar-refractivity contribution in [3.63, 3.8) is 0 Å². The van der Waals surface area contributed by atoms with Gasteiger partial charge in [0.25, 0.3) is 0 Å². The Labute approximate surface area is 124 Å². The SMILES string of the molecule is Cc1cc(Br)c(F)cc1NC1CCCC(C(C)C)C1. The summed E-state index contributed by atoms with van der Waals surface area (Å²) >= 11 is 3.23. The largest absolute Gasteiger partial charge is 0.382 e. The molecule has 2 unspecified atom stereocenters. The molecular weight excluding hydrogens is 305 g/mol. The van der Waals surface area contributed by atoms with Crippen LogP contribution in [0.5, 0.6) is 0 Å². The number of hydrogen-bond acceptors (Lipinski definition) is 1. The zero-order chi connectivity index (χ0) is 14.0. The topological polar surface area (TPSA) is 12.0 Å². The number of rotatable bonds is 3. The second kappa shape index (κ2) is 6.25. The maximum atomic E-state index is 13.6. The van der Waals surface area contributed by atoms with Gasteiger partial charge in [0.2, 0.25) is 0 Å². The van der Waals surface area contributed by atoms with Crippen molar-refractivity contribution < 1.29 is 4.39 Å². The smallest absolute Gasteiger partial charge is 0.139 e. The molecule has 0 bridgehead atoms. The predicted molar refractivity (Wildman–Crippen MR) is 83.0 cm³/mol. The Morgan fingerprint density at radius 1 is 1.32 bits per heavy atom. The molecule has 0 aromatic heterocycles. The Hall–Kier alpha value is -0.570. The molecule has 1 aliphatic carbocycles. The van der Waals surface area contributed by atoms with E-state index in [0.717, 1.165) is 23.1 Å². The highest BCUT2D eigenvalue weighted by Crippen LogP contribution is 2.33. The summed E-state index contributed by atoms with van der Waals surface area (Å²) in [6, 6.07) is 3.94. The summed E-state index contributed by atoms with van der Waals surface area (Å²) < 4.78 is 14.2. The van der Waals surface area contributed by atoms with Crippen LogP contribution in [0.25, 0.3) is 0 Å². The minimum absolute atomic E-state index is 0.190. The van der Waals surface area contributed by atoms with Gasteiger partial charge in [0.05, 0.1) is 4.47 Å². The molecule has 1 N–H and O–H groups in total. The van der Waals surface area contributed by atoms with E-state index in [4.69, 9.17) is 0 Å². The fourth-order valence-corrected chi connectivity index (χ4v) is 3.44. The van der Waals surface area contributed by atoms with Crippen LogP contribution in [-0.2, 0) is 0 Å². The standard InChI is InChI=1S/C16H23BrFN/c1-10(2)12-5-4-6-13(8-12)19-16-9-15(18)14(17)7-11(16)3/h7,9-10,12-13,19H,4-6,8H2,1-3H3. The van der Waals surface area contributed by atoms with Gasteiger partial charge in [0, 0.05) is 11.7 Å². The summed E-state index contributed by atoms with van der Waals surface area (Å²) in [6.07, 6.45) is 5.01. The van der Waals surface area contributed by atoms with E-state index in [-0.39, 0.29) is 5.82 Å². The molecule has 19 heavy (non-hydrogen) atoms. The maximum absolute atomic E-state index is 13.6. The molecule has 106 valence electrons. The van der Waals surface area contributed by atoms with Gasteiger partial charge in [-0.15, -0.1) is 0 Å². The van der Waals surface area contributed by atoms with Crippen LogP contribution >= 0.6 is 15.9 Å². The van der Waals surface area contributed by atoms with Crippen LogP contribution in [-0.4, -0.2) is 6.04 Å². The van der Waals surface area contributed by atoms with E-state index in [1.807, 2.05) is 13.0 Å². The van der Waals surface area contributed by atoms with Gasteiger partial charge in [-0.2, -0.15) is 0 Å². The van der Waals surface area contributed by atoms with Gasteiger partial charge in [-0.25, -0.2) is 4.39 Å². The van der Waals surface area contributed by atoms with Gasteiger partial charge in [-0.05, 0) is 65.2 Å². The highest BCUT2D eigenvalue weighted by molar-refractivity contribution is 9.10. The summed E-state index contributed by atoms with van der Waals surface area (Å²) in [7, 11) is 0. The minimum atomic E-state index is -0.190. The molecule has 0 saturated heterocycles. The van der Waals surface area contributed by atoms with E-state index >= 15 is 0 Å². The fourth-order valence-electron chi connectivity index (χ4n) is 2.99. The van der Waals surface area contributed by atoms with Crippen molar-refractivity contribution >= 4 is 21.6 Å². The Bertz CT molecular complexity index is 445. The van der Waals surface area contributed by atoms with Crippen molar-refractivity contribution in [3.05, 3.63) is 28.0 Å². The first kappa shape index (κ1) is 14.8. The van der Waals surface area contributed by atoms with Crippen molar-refractivity contribution in [2.75, 3.05) is 5.32 Å². The average molecular weight is 328 g/mol. The van der Waals surface area contributed by atoms with Gasteiger partial charge in [0.15, 0.2) is 0 Å². The van der Waals surface area contributed by atoms with E-state index in [2.05, 4.69) is 35.1 Å². The van der Waals surface area contributed by atoms with E-state index in [1.54, 1.807) is 6.07 Å². The van der Waals surface area contributed by atoms with Crippen LogP contribution in [0.2, 0.25) is 0 Å². The van der Waals surface area contributed by atoms with Crippen LogP contribution in [0.3, 0.4) is 0 Å². The third kappa shape index (κ3) is 3.71. The quantitative estimate of drug-likeness (QED) is 0.770. The summed E-state index contributed by atoms with van der Waals surface area (Å²) in [6.45, 7) is 6.63. The lowest BCUT2D eigenvalue weighted by Crippen LogP contribution is -2.29. The van der Waals surface area contributed by atoms with Crippen molar-refractivity contribution in [1.82, 2.24) is 0 Å². The zero-order valence-corrected chi connectivity index (χ0v) is 13.6. The number of halogens is 2. The molecule has 1 nitrogen and oxygen atoms in total. The molecule has 0 amide bonds. The van der Waals surface area contributed by atoms with Crippen molar-refractivity contribution in [3.8, 4) is 0 Å². The Balaban J connectivity index is 2.06. The number of benzene rings is 1. The molecule has 3 heteroatoms. The van der Waals surface area contributed by atoms with Gasteiger partial charge < -0.3 is 5.32 Å². The second-order valence-electron chi connectivity index (χ2n) is 6.09. The summed E-state index contributed by atoms with van der Waals surface area (Å²) in [5, 5.41) is 3.54. The van der Waals surface area contributed by atoms with Gasteiger partial charge in [0.1, 0.15) is 5.82 Å². The van der Waals surface area contributed by atoms with Crippen LogP contribution < -0.4 is 5.32 Å². The Morgan fingerprint density at radius 2 is 2.05 bits per heavy atom. The first-order valence-electron chi connectivity index (χ1n) is 7.19. The van der Waals surface area contributed by atoms with Gasteiger partial charge >= 0.3 is 0 Å². The van der Waals surface area contributed by atoms with Crippen LogP contribution in [0.4, 0.5) is 10.1 Å². The first-order chi connectivity index (χ1) is 8.97. The number of anilines is 1. The van der Waals surface area contributed by atoms with E-state index < -0.39 is 0 Å². The third-order valence-electron chi connectivity index (χ3n) is 4.28. The summed E-state index contributed by atoms with van der Waals surface area (Å²) in [5.74, 6) is 1.35. The zero-order valence-electron chi connectivity index (χ0n) is 12.0. The highest BCUT2D eigenvalue weighted by Gasteiger charge is 2.24. The van der Waals surface area contributed by atoms with Crippen LogP contribution in [0.1, 0.15) is 45.1 Å². The molecule has 0 spiro atoms. The summed E-state index contributed by atoms with van der Waals surface area (Å²) in [4.78, 5) is 0. The molecule has 1 fully saturated rings. The van der Waals surface area contributed by atoms with Crippen LogP contribution in [0.15, 0.2) is 16.6 Å². The molecule has 0 heterocycles. The van der Waals surface area contributed by atoms with E-state index in [9.17, 15) is 4.39 Å². The van der Waals surface area contributed by atoms with Crippen molar-refractivity contribution in [2.45, 2.75) is 52.5 Å². The minimum Gasteiger partial charge on any atom is -0.382 e. The highest BCUT2D eigenvalue weighted by atomic mass is 79.9. The lowest BCUT2D eigenvalue weighted by Gasteiger charge is -2.33. The first-order valence-corrected chi connectivity index (χ1v) is 7.99. The normalized spacial score (nSPS) is 23.7. The Morgan fingerprint density at radius 3 is 2.74 bits per heavy atom. The lowest BCUT2D eigenvalue weighted by atomic mass is 9.79. The summed E-state index contributed by atoms with van der Waals surface area (Å²) in [5.41, 5.74) is 2.04. The third-order valence-corrected chi connectivity index (χ3v) is 4.89. The molecule has 0 aliphatic heterocycles. The molecular formula is C16H23BrFN. The number of aryl methyl sites for hydroxylation is 1. The molecule has 2 rings (SSSR count). The number of hydrogen-bond donors (Lipinski definition) is 1. The van der Waals surface area contributed by atoms with Crippen molar-refractivity contribution in [1.29, 1.82) is 0 Å². The second-order valence-corrected chi connectivity index (χ2v) is 6.95. The molecule has 0 radical (unpaired) electrons. The van der Waals surface area contributed by atoms with E-state index in [1.165, 1.54) is 25.7 Å². The number of nitrogens with one attached hydrogen (secondary N) is 1. The van der Waals surface area contributed by atoms with Gasteiger partial charge in [-0.3, -0.25) is 0 Å². The van der Waals surface area contributed by atoms with Crippen molar-refractivity contribution in [2.24, 2.45) is 11.8 Å². The maximum Gasteiger partial charge on any atom is 0.139 e. The average Bonchev–Trinajstić information content (AvgIpc) is 2.36. The monoisotopic (exact) mass is 327 g/mol. The lowest BCUT2D eigenvalue weighted by molar-refractivity contribution is 0.264. The van der Waals surface area contributed by atoms with Crippen LogP contribution in [0, 0.1) is 24.6 Å². The predicted octanol–water partition coefficient (Wildman–Crippen LogP) is 5.52. The Kier molecular flexibility index (Phi) is 4.88.